The van der Waals surface area contributed by atoms with Crippen LogP contribution in [0.15, 0.2) is 36.8 Å². The monoisotopic (exact) mass is 535 g/mol. The van der Waals surface area contributed by atoms with Crippen molar-refractivity contribution in [3.8, 4) is 28.1 Å². The number of rotatable bonds is 8. The van der Waals surface area contributed by atoms with Crippen LogP contribution in [0.2, 0.25) is 0 Å². The normalized spacial score (nSPS) is 21.0. The van der Waals surface area contributed by atoms with E-state index in [1.165, 1.54) is 0 Å². The number of piperidine rings is 1. The summed E-state index contributed by atoms with van der Waals surface area (Å²) in [4.78, 5) is 6.85. The predicted molar refractivity (Wildman–Crippen MR) is 151 cm³/mol. The van der Waals surface area contributed by atoms with Gasteiger partial charge in [-0.3, -0.25) is 0 Å². The maximum absolute atomic E-state index is 5.96. The van der Waals surface area contributed by atoms with Crippen molar-refractivity contribution < 1.29 is 14.2 Å². The van der Waals surface area contributed by atoms with Crippen molar-refractivity contribution in [3.63, 3.8) is 0 Å². The van der Waals surface area contributed by atoms with Crippen LogP contribution in [0.3, 0.4) is 0 Å². The van der Waals surface area contributed by atoms with Crippen LogP contribution in [0.5, 0.6) is 5.75 Å². The zero-order valence-corrected chi connectivity index (χ0v) is 24.0. The molecule has 39 heavy (non-hydrogen) atoms. The SMILES string of the molecule is COCOc1cc(-c2cnn(C3CCCCO3)c2)ccc1-c1cnc(N(C)C2CC(C)(C)NC(C)(C)C2)nn1. The van der Waals surface area contributed by atoms with E-state index >= 15 is 0 Å². The van der Waals surface area contributed by atoms with E-state index < -0.39 is 0 Å². The van der Waals surface area contributed by atoms with E-state index in [4.69, 9.17) is 19.2 Å². The fourth-order valence-electron chi connectivity index (χ4n) is 5.99. The van der Waals surface area contributed by atoms with E-state index in [-0.39, 0.29) is 24.1 Å². The van der Waals surface area contributed by atoms with Gasteiger partial charge >= 0.3 is 0 Å². The lowest BCUT2D eigenvalue weighted by Gasteiger charge is -2.48. The Morgan fingerprint density at radius 1 is 1.08 bits per heavy atom. The van der Waals surface area contributed by atoms with Gasteiger partial charge in [0, 0.05) is 55.2 Å². The first-order chi connectivity index (χ1) is 18.6. The number of methoxy groups -OCH3 is 1. The second-order valence-electron chi connectivity index (χ2n) is 12.0. The molecule has 0 amide bonds. The summed E-state index contributed by atoms with van der Waals surface area (Å²) in [6.07, 6.45) is 10.9. The number of anilines is 1. The molecule has 0 bridgehead atoms. The molecule has 1 atom stereocenters. The van der Waals surface area contributed by atoms with Crippen molar-refractivity contribution in [1.82, 2.24) is 30.3 Å². The number of hydrogen-bond donors (Lipinski definition) is 1. The first-order valence-electron chi connectivity index (χ1n) is 13.8. The molecule has 1 aromatic carbocycles. The summed E-state index contributed by atoms with van der Waals surface area (Å²) in [7, 11) is 3.66. The Hall–Kier alpha value is -3.08. The van der Waals surface area contributed by atoms with Crippen molar-refractivity contribution >= 4 is 5.95 Å². The van der Waals surface area contributed by atoms with Crippen molar-refractivity contribution in [2.45, 2.75) is 83.1 Å². The Morgan fingerprint density at radius 3 is 2.54 bits per heavy atom. The lowest BCUT2D eigenvalue weighted by Crippen LogP contribution is -2.62. The molecule has 1 N–H and O–H groups in total. The van der Waals surface area contributed by atoms with Crippen LogP contribution in [0.1, 0.15) is 66.0 Å². The molecule has 210 valence electrons. The zero-order valence-electron chi connectivity index (χ0n) is 24.0. The van der Waals surface area contributed by atoms with Crippen LogP contribution in [0.25, 0.3) is 22.4 Å². The van der Waals surface area contributed by atoms with Crippen LogP contribution >= 0.6 is 0 Å². The summed E-state index contributed by atoms with van der Waals surface area (Å²) >= 11 is 0. The van der Waals surface area contributed by atoms with Gasteiger partial charge in [0.05, 0.1) is 12.4 Å². The Balaban J connectivity index is 1.37. The van der Waals surface area contributed by atoms with Gasteiger partial charge in [-0.05, 0) is 77.5 Å². The molecule has 10 heteroatoms. The average Bonchev–Trinajstić information content (AvgIpc) is 3.41. The smallest absolute Gasteiger partial charge is 0.245 e. The van der Waals surface area contributed by atoms with Gasteiger partial charge in [0.25, 0.3) is 0 Å². The average molecular weight is 536 g/mol. The predicted octanol–water partition coefficient (Wildman–Crippen LogP) is 4.83. The van der Waals surface area contributed by atoms with Crippen LogP contribution in [0.4, 0.5) is 5.95 Å². The molecule has 1 unspecified atom stereocenters. The largest absolute Gasteiger partial charge is 0.467 e. The number of hydrogen-bond acceptors (Lipinski definition) is 9. The second kappa shape index (κ2) is 11.2. The quantitative estimate of drug-likeness (QED) is 0.407. The third-order valence-electron chi connectivity index (χ3n) is 7.56. The number of aromatic nitrogens is 5. The van der Waals surface area contributed by atoms with E-state index in [0.717, 1.165) is 55.4 Å². The van der Waals surface area contributed by atoms with Gasteiger partial charge in [0.15, 0.2) is 6.79 Å². The van der Waals surface area contributed by atoms with E-state index in [1.54, 1.807) is 13.3 Å². The second-order valence-corrected chi connectivity index (χ2v) is 12.0. The number of nitrogens with one attached hydrogen (secondary N) is 1. The van der Waals surface area contributed by atoms with Crippen LogP contribution in [0, 0.1) is 0 Å². The molecular weight excluding hydrogens is 494 g/mol. The topological polar surface area (TPSA) is 99.5 Å². The first kappa shape index (κ1) is 27.5. The third kappa shape index (κ3) is 6.40. The summed E-state index contributed by atoms with van der Waals surface area (Å²) in [5, 5.41) is 17.4. The maximum atomic E-state index is 5.96. The van der Waals surface area contributed by atoms with E-state index in [0.29, 0.717) is 23.4 Å². The Morgan fingerprint density at radius 2 is 1.87 bits per heavy atom. The van der Waals surface area contributed by atoms with Crippen molar-refractivity contribution in [2.24, 2.45) is 0 Å². The Bertz CT molecular complexity index is 1240. The molecule has 4 heterocycles. The highest BCUT2D eigenvalue weighted by Crippen LogP contribution is 2.35. The lowest BCUT2D eigenvalue weighted by atomic mass is 9.79. The van der Waals surface area contributed by atoms with Crippen LogP contribution < -0.4 is 15.0 Å². The first-order valence-corrected chi connectivity index (χ1v) is 13.8. The van der Waals surface area contributed by atoms with Crippen molar-refractivity contribution in [3.05, 3.63) is 36.8 Å². The van der Waals surface area contributed by atoms with Crippen LogP contribution in [-0.4, -0.2) is 69.6 Å². The fraction of sp³-hybridized carbons (Fsp3) is 0.586. The summed E-state index contributed by atoms with van der Waals surface area (Å²) in [5.41, 5.74) is 3.48. The fourth-order valence-corrected chi connectivity index (χ4v) is 5.99. The van der Waals surface area contributed by atoms with Crippen molar-refractivity contribution in [1.29, 1.82) is 0 Å². The van der Waals surface area contributed by atoms with Gasteiger partial charge in [0.2, 0.25) is 5.95 Å². The number of ether oxygens (including phenoxy) is 3. The highest BCUT2D eigenvalue weighted by atomic mass is 16.7. The van der Waals surface area contributed by atoms with E-state index in [2.05, 4.69) is 60.3 Å². The molecule has 0 aliphatic carbocycles. The molecule has 2 fully saturated rings. The summed E-state index contributed by atoms with van der Waals surface area (Å²) in [6, 6.07) is 6.32. The molecule has 10 nitrogen and oxygen atoms in total. The van der Waals surface area contributed by atoms with Crippen molar-refractivity contribution in [2.75, 3.05) is 32.5 Å². The molecule has 2 aliphatic rings. The highest BCUT2D eigenvalue weighted by Gasteiger charge is 2.39. The highest BCUT2D eigenvalue weighted by molar-refractivity contribution is 5.74. The van der Waals surface area contributed by atoms with Gasteiger partial charge < -0.3 is 24.4 Å². The minimum Gasteiger partial charge on any atom is -0.467 e. The standard InChI is InChI=1S/C29H41N7O3/c1-28(2)14-22(15-29(3,4)34-28)35(5)27-30-17-24(32-33-27)23-11-10-20(13-25(23)39-19-37-6)21-16-31-36(18-21)26-9-7-8-12-38-26/h10-11,13,16-18,22,26,34H,7-9,12,14-15,19H2,1-6H3. The van der Waals surface area contributed by atoms with Gasteiger partial charge in [-0.2, -0.15) is 5.10 Å². The molecule has 0 spiro atoms. The maximum Gasteiger partial charge on any atom is 0.245 e. The van der Waals surface area contributed by atoms with E-state index in [9.17, 15) is 0 Å². The summed E-state index contributed by atoms with van der Waals surface area (Å²) < 4.78 is 18.9. The number of benzene rings is 1. The molecule has 2 aliphatic heterocycles. The molecular formula is C29H41N7O3. The Kier molecular flexibility index (Phi) is 7.89. The third-order valence-corrected chi connectivity index (χ3v) is 7.56. The van der Waals surface area contributed by atoms with Gasteiger partial charge in [-0.1, -0.05) is 6.07 Å². The lowest BCUT2D eigenvalue weighted by molar-refractivity contribution is -0.0394. The minimum atomic E-state index is -0.00371. The Labute approximate surface area is 231 Å². The summed E-state index contributed by atoms with van der Waals surface area (Å²) in [6.45, 7) is 9.89. The molecule has 5 rings (SSSR count). The number of nitrogens with zero attached hydrogens (tertiary/aromatic N) is 6. The molecule has 2 aromatic heterocycles. The summed E-state index contributed by atoms with van der Waals surface area (Å²) in [5.74, 6) is 1.26. The van der Waals surface area contributed by atoms with Gasteiger partial charge in [-0.25, -0.2) is 9.67 Å². The molecule has 3 aromatic rings. The molecule has 0 radical (unpaired) electrons. The molecule has 0 saturated carbocycles. The van der Waals surface area contributed by atoms with Crippen LogP contribution in [-0.2, 0) is 9.47 Å². The zero-order chi connectivity index (χ0) is 27.6. The van der Waals surface area contributed by atoms with E-state index in [1.807, 2.05) is 35.3 Å². The van der Waals surface area contributed by atoms with Gasteiger partial charge in [-0.15, -0.1) is 10.2 Å². The van der Waals surface area contributed by atoms with Gasteiger partial charge in [0.1, 0.15) is 17.7 Å². The minimum absolute atomic E-state index is 0.00371. The molecule has 2 saturated heterocycles.